The van der Waals surface area contributed by atoms with Crippen LogP contribution in [0.5, 0.6) is 0 Å². The predicted octanol–water partition coefficient (Wildman–Crippen LogP) is 0.577. The molecular formula is C11H22N4O3S. The summed E-state index contributed by atoms with van der Waals surface area (Å²) in [6, 6.07) is 0. The highest BCUT2D eigenvalue weighted by molar-refractivity contribution is 7.89. The van der Waals surface area contributed by atoms with E-state index in [1.54, 1.807) is 6.92 Å². The molecule has 2 N–H and O–H groups in total. The molecule has 7 nitrogen and oxygen atoms in total. The highest BCUT2D eigenvalue weighted by atomic mass is 32.2. The van der Waals surface area contributed by atoms with Crippen molar-refractivity contribution in [2.24, 2.45) is 0 Å². The number of hydrogen-bond acceptors (Lipinski definition) is 6. The largest absolute Gasteiger partial charge is 0.338 e. The highest BCUT2D eigenvalue weighted by Gasteiger charge is 2.11. The Bertz CT molecular complexity index is 458. The van der Waals surface area contributed by atoms with Gasteiger partial charge in [0, 0.05) is 0 Å². The van der Waals surface area contributed by atoms with Gasteiger partial charge in [-0.25, -0.2) is 13.1 Å². The molecule has 0 bridgehead atoms. The van der Waals surface area contributed by atoms with Crippen molar-refractivity contribution in [1.82, 2.24) is 20.2 Å². The van der Waals surface area contributed by atoms with Crippen molar-refractivity contribution in [1.29, 1.82) is 0 Å². The van der Waals surface area contributed by atoms with Crippen LogP contribution in [0.4, 0.5) is 0 Å². The second kappa shape index (κ2) is 8.23. The molecule has 0 atom stereocenters. The van der Waals surface area contributed by atoms with Gasteiger partial charge in [-0.2, -0.15) is 4.98 Å². The quantitative estimate of drug-likeness (QED) is 0.612. The molecule has 110 valence electrons. The SMILES string of the molecule is CCCNCCCCS(=O)(=O)NCc1nc(C)no1. The first kappa shape index (κ1) is 16.1. The van der Waals surface area contributed by atoms with Gasteiger partial charge in [-0.1, -0.05) is 12.1 Å². The van der Waals surface area contributed by atoms with E-state index >= 15 is 0 Å². The number of unbranched alkanes of at least 4 members (excludes halogenated alkanes) is 1. The lowest BCUT2D eigenvalue weighted by atomic mass is 10.3. The molecule has 0 spiro atoms. The molecule has 0 fully saturated rings. The molecule has 19 heavy (non-hydrogen) atoms. The predicted molar refractivity (Wildman–Crippen MR) is 72.1 cm³/mol. The minimum atomic E-state index is -3.27. The van der Waals surface area contributed by atoms with Crippen molar-refractivity contribution in [2.75, 3.05) is 18.8 Å². The maximum absolute atomic E-state index is 11.7. The van der Waals surface area contributed by atoms with Gasteiger partial charge in [0.1, 0.15) is 0 Å². The molecule has 1 rings (SSSR count). The third kappa shape index (κ3) is 7.24. The molecular weight excluding hydrogens is 268 g/mol. The Hall–Kier alpha value is -0.990. The Balaban J connectivity index is 2.17. The molecule has 1 aromatic rings. The van der Waals surface area contributed by atoms with Gasteiger partial charge in [-0.3, -0.25) is 0 Å². The molecule has 0 saturated carbocycles. The Kier molecular flexibility index (Phi) is 6.96. The normalized spacial score (nSPS) is 11.9. The number of nitrogens with zero attached hydrogens (tertiary/aromatic N) is 2. The van der Waals surface area contributed by atoms with Crippen molar-refractivity contribution in [2.45, 2.75) is 39.7 Å². The molecule has 0 unspecified atom stereocenters. The third-order valence-corrected chi connectivity index (χ3v) is 3.87. The van der Waals surface area contributed by atoms with Crippen LogP contribution in [0, 0.1) is 6.92 Å². The van der Waals surface area contributed by atoms with Gasteiger partial charge in [-0.05, 0) is 39.3 Å². The van der Waals surface area contributed by atoms with Crippen LogP contribution in [-0.2, 0) is 16.6 Å². The Labute approximate surface area is 114 Å². The van der Waals surface area contributed by atoms with Crippen LogP contribution in [-0.4, -0.2) is 37.4 Å². The van der Waals surface area contributed by atoms with Gasteiger partial charge < -0.3 is 9.84 Å². The van der Waals surface area contributed by atoms with E-state index in [-0.39, 0.29) is 18.2 Å². The summed E-state index contributed by atoms with van der Waals surface area (Å²) in [5, 5.41) is 6.83. The summed E-state index contributed by atoms with van der Waals surface area (Å²) in [6.07, 6.45) is 2.57. The van der Waals surface area contributed by atoms with E-state index in [0.29, 0.717) is 12.2 Å². The lowest BCUT2D eigenvalue weighted by Gasteiger charge is -2.05. The third-order valence-electron chi connectivity index (χ3n) is 2.46. The summed E-state index contributed by atoms with van der Waals surface area (Å²) in [5.41, 5.74) is 0. The highest BCUT2D eigenvalue weighted by Crippen LogP contribution is 1.98. The van der Waals surface area contributed by atoms with Gasteiger partial charge in [0.05, 0.1) is 12.3 Å². The minimum Gasteiger partial charge on any atom is -0.338 e. The van der Waals surface area contributed by atoms with Crippen molar-refractivity contribution < 1.29 is 12.9 Å². The summed E-state index contributed by atoms with van der Waals surface area (Å²) >= 11 is 0. The van der Waals surface area contributed by atoms with Crippen molar-refractivity contribution in [3.05, 3.63) is 11.7 Å². The van der Waals surface area contributed by atoms with Gasteiger partial charge in [0.25, 0.3) is 0 Å². The van der Waals surface area contributed by atoms with Crippen molar-refractivity contribution in [3.8, 4) is 0 Å². The number of aryl methyl sites for hydroxylation is 1. The standard InChI is InChI=1S/C11H22N4O3S/c1-3-6-12-7-4-5-8-19(16,17)13-9-11-14-10(2)15-18-11/h12-13H,3-9H2,1-2H3. The second-order valence-corrected chi connectivity index (χ2v) is 6.26. The molecule has 1 aromatic heterocycles. The van der Waals surface area contributed by atoms with E-state index in [1.165, 1.54) is 0 Å². The van der Waals surface area contributed by atoms with E-state index < -0.39 is 10.0 Å². The van der Waals surface area contributed by atoms with Crippen LogP contribution in [0.25, 0.3) is 0 Å². The fraction of sp³-hybridized carbons (Fsp3) is 0.818. The van der Waals surface area contributed by atoms with Crippen LogP contribution >= 0.6 is 0 Å². The summed E-state index contributed by atoms with van der Waals surface area (Å²) in [7, 11) is -3.27. The Morgan fingerprint density at radius 2 is 2.05 bits per heavy atom. The lowest BCUT2D eigenvalue weighted by molar-refractivity contribution is 0.372. The average molecular weight is 290 g/mol. The molecule has 0 aliphatic rings. The summed E-state index contributed by atoms with van der Waals surface area (Å²) in [5.74, 6) is 0.898. The maximum atomic E-state index is 11.7. The summed E-state index contributed by atoms with van der Waals surface area (Å²) in [4.78, 5) is 3.93. The minimum absolute atomic E-state index is 0.0528. The van der Waals surface area contributed by atoms with E-state index in [4.69, 9.17) is 4.52 Å². The van der Waals surface area contributed by atoms with Gasteiger partial charge in [-0.15, -0.1) is 0 Å². The summed E-state index contributed by atoms with van der Waals surface area (Å²) in [6.45, 7) is 5.66. The fourth-order valence-electron chi connectivity index (χ4n) is 1.50. The summed E-state index contributed by atoms with van der Waals surface area (Å²) < 4.78 is 30.6. The Morgan fingerprint density at radius 3 is 2.68 bits per heavy atom. The average Bonchev–Trinajstić information content (AvgIpc) is 2.77. The number of rotatable bonds is 10. The van der Waals surface area contributed by atoms with E-state index in [0.717, 1.165) is 25.9 Å². The van der Waals surface area contributed by atoms with Crippen LogP contribution in [0.15, 0.2) is 4.52 Å². The molecule has 8 heteroatoms. The topological polar surface area (TPSA) is 97.1 Å². The maximum Gasteiger partial charge on any atom is 0.241 e. The second-order valence-electron chi connectivity index (χ2n) is 4.33. The van der Waals surface area contributed by atoms with E-state index in [9.17, 15) is 8.42 Å². The number of sulfonamides is 1. The van der Waals surface area contributed by atoms with Crippen LogP contribution in [0.1, 0.15) is 37.9 Å². The molecule has 0 aromatic carbocycles. The van der Waals surface area contributed by atoms with Crippen molar-refractivity contribution >= 4 is 10.0 Å². The molecule has 0 amide bonds. The smallest absolute Gasteiger partial charge is 0.241 e. The monoisotopic (exact) mass is 290 g/mol. The van der Waals surface area contributed by atoms with Crippen LogP contribution < -0.4 is 10.0 Å². The van der Waals surface area contributed by atoms with E-state index in [1.807, 2.05) is 0 Å². The lowest BCUT2D eigenvalue weighted by Crippen LogP contribution is -2.26. The zero-order valence-electron chi connectivity index (χ0n) is 11.5. The van der Waals surface area contributed by atoms with Crippen LogP contribution in [0.3, 0.4) is 0 Å². The Morgan fingerprint density at radius 1 is 1.26 bits per heavy atom. The first-order chi connectivity index (χ1) is 9.03. The zero-order chi connectivity index (χ0) is 14.1. The molecule has 0 saturated heterocycles. The first-order valence-electron chi connectivity index (χ1n) is 6.50. The molecule has 0 aliphatic carbocycles. The van der Waals surface area contributed by atoms with Gasteiger partial charge in [0.2, 0.25) is 15.9 Å². The number of hydrogen-bond donors (Lipinski definition) is 2. The zero-order valence-corrected chi connectivity index (χ0v) is 12.3. The van der Waals surface area contributed by atoms with Crippen molar-refractivity contribution in [3.63, 3.8) is 0 Å². The number of nitrogens with one attached hydrogen (secondary N) is 2. The molecule has 0 radical (unpaired) electrons. The van der Waals surface area contributed by atoms with Gasteiger partial charge >= 0.3 is 0 Å². The number of aromatic nitrogens is 2. The van der Waals surface area contributed by atoms with Gasteiger partial charge in [0.15, 0.2) is 5.82 Å². The molecule has 0 aliphatic heterocycles. The fourth-order valence-corrected chi connectivity index (χ4v) is 2.57. The first-order valence-corrected chi connectivity index (χ1v) is 8.16. The molecule has 1 heterocycles. The van der Waals surface area contributed by atoms with Crippen LogP contribution in [0.2, 0.25) is 0 Å². The van der Waals surface area contributed by atoms with E-state index in [2.05, 4.69) is 27.1 Å².